The van der Waals surface area contributed by atoms with Crippen molar-refractivity contribution in [2.45, 2.75) is 57.4 Å². The number of unbranched alkanes of at least 4 members (excludes halogenated alkanes) is 1. The Morgan fingerprint density at radius 3 is 2.59 bits per heavy atom. The molecule has 1 aromatic carbocycles. The van der Waals surface area contributed by atoms with E-state index in [4.69, 9.17) is 4.74 Å². The van der Waals surface area contributed by atoms with Gasteiger partial charge in [0, 0.05) is 63.9 Å². The molecule has 0 aromatic heterocycles. The number of likely N-dealkylation sites (tertiary alicyclic amines) is 2. The largest absolute Gasteiger partial charge is 0.493 e. The number of nitrogens with zero attached hydrogens (tertiary/aromatic N) is 4. The molecular formula is C30H47N4O5+. The molecule has 3 aliphatic heterocycles. The van der Waals surface area contributed by atoms with Gasteiger partial charge in [0.25, 0.3) is 0 Å². The van der Waals surface area contributed by atoms with Crippen molar-refractivity contribution in [2.75, 3.05) is 73.6 Å². The maximum Gasteiger partial charge on any atom is 0.308 e. The van der Waals surface area contributed by atoms with Crippen LogP contribution in [0.15, 0.2) is 18.2 Å². The monoisotopic (exact) mass is 543 g/mol. The highest BCUT2D eigenvalue weighted by molar-refractivity contribution is 5.80. The predicted octanol–water partition coefficient (Wildman–Crippen LogP) is 2.44. The number of fused-ring (bicyclic) bond motifs is 1. The molecule has 9 nitrogen and oxygen atoms in total. The van der Waals surface area contributed by atoms with Crippen LogP contribution in [0.1, 0.15) is 56.1 Å². The van der Waals surface area contributed by atoms with Crippen LogP contribution in [0.25, 0.3) is 0 Å². The Labute approximate surface area is 233 Å². The van der Waals surface area contributed by atoms with Crippen LogP contribution >= 0.6 is 0 Å². The minimum Gasteiger partial charge on any atom is -0.493 e. The third kappa shape index (κ3) is 7.31. The first-order valence-corrected chi connectivity index (χ1v) is 14.7. The molecule has 2 fully saturated rings. The molecule has 4 rings (SSSR count). The molecule has 0 radical (unpaired) electrons. The van der Waals surface area contributed by atoms with Crippen molar-refractivity contribution in [3.63, 3.8) is 0 Å². The first-order chi connectivity index (χ1) is 18.6. The molecule has 0 spiro atoms. The molecule has 3 aliphatic rings. The Morgan fingerprint density at radius 1 is 1.15 bits per heavy atom. The van der Waals surface area contributed by atoms with Gasteiger partial charge in [0.15, 0.2) is 0 Å². The van der Waals surface area contributed by atoms with Crippen molar-refractivity contribution in [2.24, 2.45) is 5.92 Å². The second-order valence-corrected chi connectivity index (χ2v) is 12.5. The molecule has 9 heteroatoms. The van der Waals surface area contributed by atoms with Crippen LogP contribution in [-0.4, -0.2) is 122 Å². The number of carboxylic acids is 1. The Hall–Kier alpha value is -2.65. The minimum absolute atomic E-state index is 0.0507. The first kappa shape index (κ1) is 29.3. The molecule has 3 atom stereocenters. The van der Waals surface area contributed by atoms with Gasteiger partial charge in [0.1, 0.15) is 5.75 Å². The van der Waals surface area contributed by atoms with Crippen molar-refractivity contribution in [1.29, 1.82) is 0 Å². The summed E-state index contributed by atoms with van der Waals surface area (Å²) >= 11 is 0. The summed E-state index contributed by atoms with van der Waals surface area (Å²) in [6.07, 6.45) is 5.00. The highest BCUT2D eigenvalue weighted by Gasteiger charge is 2.48. The van der Waals surface area contributed by atoms with Gasteiger partial charge >= 0.3 is 5.97 Å². The average Bonchev–Trinajstić information content (AvgIpc) is 3.59. The van der Waals surface area contributed by atoms with Gasteiger partial charge in [-0.15, -0.1) is 0 Å². The van der Waals surface area contributed by atoms with Gasteiger partial charge in [-0.3, -0.25) is 19.3 Å². The van der Waals surface area contributed by atoms with E-state index in [-0.39, 0.29) is 24.3 Å². The van der Waals surface area contributed by atoms with Crippen LogP contribution in [0.4, 0.5) is 0 Å². The Bertz CT molecular complexity index is 1040. The van der Waals surface area contributed by atoms with Gasteiger partial charge in [0.05, 0.1) is 46.8 Å². The number of hydrogen-bond donors (Lipinski definition) is 1. The van der Waals surface area contributed by atoms with E-state index in [0.29, 0.717) is 45.8 Å². The first-order valence-electron chi connectivity index (χ1n) is 14.7. The van der Waals surface area contributed by atoms with Gasteiger partial charge in [-0.2, -0.15) is 0 Å². The third-order valence-corrected chi connectivity index (χ3v) is 8.48. The topological polar surface area (TPSA) is 90.4 Å². The fourth-order valence-corrected chi connectivity index (χ4v) is 6.34. The van der Waals surface area contributed by atoms with Crippen molar-refractivity contribution in [3.8, 4) is 5.75 Å². The highest BCUT2D eigenvalue weighted by atomic mass is 16.5. The minimum atomic E-state index is -0.867. The van der Waals surface area contributed by atoms with Gasteiger partial charge in [0.2, 0.25) is 11.8 Å². The molecular weight excluding hydrogens is 496 g/mol. The van der Waals surface area contributed by atoms with Gasteiger partial charge in [-0.1, -0.05) is 25.5 Å². The Kier molecular flexibility index (Phi) is 9.54. The van der Waals surface area contributed by atoms with Crippen molar-refractivity contribution in [1.82, 2.24) is 14.7 Å². The van der Waals surface area contributed by atoms with Gasteiger partial charge < -0.3 is 24.1 Å². The quantitative estimate of drug-likeness (QED) is 0.385. The lowest BCUT2D eigenvalue weighted by molar-refractivity contribution is -0.870. The van der Waals surface area contributed by atoms with E-state index in [2.05, 4.69) is 39.0 Å². The van der Waals surface area contributed by atoms with E-state index >= 15 is 0 Å². The molecule has 0 aliphatic carbocycles. The SMILES string of the molecule is CCCCN(CCC[N+](C)(C)C)C(=O)CN1C[C@H](c2ccc3c(c2)CCO3)C(C(=O)O)[C@@H]1CN1CCCC1=O. The number of carbonyl (C=O) groups excluding carboxylic acids is 2. The molecule has 0 saturated carbocycles. The van der Waals surface area contributed by atoms with Gasteiger partial charge in [-0.05, 0) is 30.0 Å². The van der Waals surface area contributed by atoms with Crippen LogP contribution < -0.4 is 4.74 Å². The maximum absolute atomic E-state index is 13.7. The van der Waals surface area contributed by atoms with Crippen LogP contribution in [-0.2, 0) is 20.8 Å². The van der Waals surface area contributed by atoms with E-state index in [9.17, 15) is 19.5 Å². The lowest BCUT2D eigenvalue weighted by atomic mass is 9.84. The summed E-state index contributed by atoms with van der Waals surface area (Å²) < 4.78 is 6.52. The summed E-state index contributed by atoms with van der Waals surface area (Å²) in [6.45, 7) is 6.83. The zero-order valence-electron chi connectivity index (χ0n) is 24.2. The van der Waals surface area contributed by atoms with E-state index in [1.807, 2.05) is 17.0 Å². The molecule has 2 saturated heterocycles. The van der Waals surface area contributed by atoms with Crippen LogP contribution in [0.2, 0.25) is 0 Å². The Balaban J connectivity index is 1.57. The summed E-state index contributed by atoms with van der Waals surface area (Å²) in [7, 11) is 6.47. The second-order valence-electron chi connectivity index (χ2n) is 12.5. The summed E-state index contributed by atoms with van der Waals surface area (Å²) in [6, 6.07) is 5.60. The molecule has 39 heavy (non-hydrogen) atoms. The number of carbonyl (C=O) groups is 3. The number of carboxylic acid groups (broad SMARTS) is 1. The van der Waals surface area contributed by atoms with Crippen LogP contribution in [0, 0.1) is 5.92 Å². The molecule has 1 N–H and O–H groups in total. The van der Waals surface area contributed by atoms with E-state index in [1.54, 1.807) is 4.90 Å². The smallest absolute Gasteiger partial charge is 0.308 e. The predicted molar refractivity (Wildman–Crippen MR) is 150 cm³/mol. The third-order valence-electron chi connectivity index (χ3n) is 8.48. The lowest BCUT2D eigenvalue weighted by Gasteiger charge is -2.32. The van der Waals surface area contributed by atoms with Crippen molar-refractivity contribution >= 4 is 17.8 Å². The molecule has 216 valence electrons. The summed E-state index contributed by atoms with van der Waals surface area (Å²) in [4.78, 5) is 44.9. The van der Waals surface area contributed by atoms with E-state index < -0.39 is 17.9 Å². The van der Waals surface area contributed by atoms with E-state index in [1.165, 1.54) is 0 Å². The number of aliphatic carboxylic acids is 1. The fourth-order valence-electron chi connectivity index (χ4n) is 6.34. The van der Waals surface area contributed by atoms with Crippen LogP contribution in [0.5, 0.6) is 5.75 Å². The molecule has 3 heterocycles. The lowest BCUT2D eigenvalue weighted by Crippen LogP contribution is -2.49. The number of benzene rings is 1. The number of amides is 2. The molecule has 0 bridgehead atoms. The zero-order valence-corrected chi connectivity index (χ0v) is 24.2. The molecule has 2 amide bonds. The standard InChI is InChI=1S/C30H46N4O5/c1-5-6-13-31(15-8-16-34(2,3)4)28(36)21-33-19-24(22-10-11-26-23(18-22)12-17-39-26)29(30(37)38)25(33)20-32-14-7-9-27(32)35/h10-11,18,24-25,29H,5-9,12-17,19-21H2,1-4H3/p+1/t24-,25+,29?/m1/s1. The average molecular weight is 544 g/mol. The number of hydrogen-bond acceptors (Lipinski definition) is 5. The molecule has 1 aromatic rings. The van der Waals surface area contributed by atoms with Crippen LogP contribution in [0.3, 0.4) is 0 Å². The summed E-state index contributed by atoms with van der Waals surface area (Å²) in [5, 5.41) is 10.5. The fraction of sp³-hybridized carbons (Fsp3) is 0.700. The molecule has 1 unspecified atom stereocenters. The maximum atomic E-state index is 13.7. The van der Waals surface area contributed by atoms with Crippen molar-refractivity contribution < 1.29 is 28.7 Å². The summed E-state index contributed by atoms with van der Waals surface area (Å²) in [5.74, 6) is -0.826. The number of rotatable bonds is 13. The normalized spacial score (nSPS) is 23.2. The second kappa shape index (κ2) is 12.7. The van der Waals surface area contributed by atoms with E-state index in [0.717, 1.165) is 60.0 Å². The summed E-state index contributed by atoms with van der Waals surface area (Å²) in [5.41, 5.74) is 2.09. The number of quaternary nitrogens is 1. The highest BCUT2D eigenvalue weighted by Crippen LogP contribution is 2.40. The van der Waals surface area contributed by atoms with Gasteiger partial charge in [-0.25, -0.2) is 0 Å². The number of ether oxygens (including phenoxy) is 1. The van der Waals surface area contributed by atoms with Crippen molar-refractivity contribution in [3.05, 3.63) is 29.3 Å². The zero-order chi connectivity index (χ0) is 28.2. The Morgan fingerprint density at radius 2 is 1.92 bits per heavy atom.